The standard InChI is InChI=1S/C13H12ClN3O3S/c1-13(2,3)10-16-17(12(19)20-10)8-5-7-9(4-6(8)14)21-11(18)15-7/h4-5H,1-3H3,(H,15,18). The number of nitrogens with zero attached hydrogens (tertiary/aromatic N) is 2. The van der Waals surface area contributed by atoms with Gasteiger partial charge in [0.25, 0.3) is 0 Å². The molecule has 0 radical (unpaired) electrons. The SMILES string of the molecule is CC(C)(C)c1nn(-c2cc3[nH]c(=O)sc3cc2Cl)c(=O)o1. The Balaban J connectivity index is 2.25. The van der Waals surface area contributed by atoms with E-state index in [0.717, 1.165) is 20.7 Å². The Morgan fingerprint density at radius 1 is 1.33 bits per heavy atom. The first-order valence-electron chi connectivity index (χ1n) is 6.19. The molecule has 0 saturated heterocycles. The minimum atomic E-state index is -0.612. The van der Waals surface area contributed by atoms with Crippen LogP contribution >= 0.6 is 22.9 Å². The summed E-state index contributed by atoms with van der Waals surface area (Å²) in [5, 5.41) is 4.52. The van der Waals surface area contributed by atoms with Gasteiger partial charge in [0, 0.05) is 5.41 Å². The highest BCUT2D eigenvalue weighted by molar-refractivity contribution is 7.16. The van der Waals surface area contributed by atoms with Crippen molar-refractivity contribution >= 4 is 33.2 Å². The monoisotopic (exact) mass is 325 g/mol. The van der Waals surface area contributed by atoms with E-state index in [9.17, 15) is 9.59 Å². The second-order valence-electron chi connectivity index (χ2n) is 5.65. The Bertz CT molecular complexity index is 942. The Hall–Kier alpha value is -1.86. The van der Waals surface area contributed by atoms with Gasteiger partial charge in [0.1, 0.15) is 0 Å². The summed E-state index contributed by atoms with van der Waals surface area (Å²) in [6.07, 6.45) is 0. The molecule has 0 fully saturated rings. The molecule has 8 heteroatoms. The number of hydrogen-bond acceptors (Lipinski definition) is 5. The number of aromatic nitrogens is 3. The first-order chi connectivity index (χ1) is 9.75. The second kappa shape index (κ2) is 4.57. The molecule has 2 heterocycles. The summed E-state index contributed by atoms with van der Waals surface area (Å²) in [4.78, 5) is 25.9. The lowest BCUT2D eigenvalue weighted by Crippen LogP contribution is -2.14. The largest absolute Gasteiger partial charge is 0.442 e. The van der Waals surface area contributed by atoms with Crippen molar-refractivity contribution in [3.8, 4) is 5.69 Å². The predicted molar refractivity (Wildman–Crippen MR) is 81.8 cm³/mol. The number of hydrogen-bond donors (Lipinski definition) is 1. The Labute approximate surface area is 128 Å². The molecule has 0 spiro atoms. The molecule has 3 rings (SSSR count). The number of rotatable bonds is 1. The molecular formula is C13H12ClN3O3S. The molecule has 0 unspecified atom stereocenters. The summed E-state index contributed by atoms with van der Waals surface area (Å²) >= 11 is 7.25. The number of fused-ring (bicyclic) bond motifs is 1. The van der Waals surface area contributed by atoms with Gasteiger partial charge in [-0.2, -0.15) is 4.68 Å². The summed E-state index contributed by atoms with van der Waals surface area (Å²) in [6.45, 7) is 5.68. The Morgan fingerprint density at radius 2 is 2.05 bits per heavy atom. The Kier molecular flexibility index (Phi) is 3.07. The molecule has 6 nitrogen and oxygen atoms in total. The fourth-order valence-electron chi connectivity index (χ4n) is 1.86. The van der Waals surface area contributed by atoms with Gasteiger partial charge in [0.05, 0.1) is 20.9 Å². The summed E-state index contributed by atoms with van der Waals surface area (Å²) < 4.78 is 7.01. The number of benzene rings is 1. The lowest BCUT2D eigenvalue weighted by molar-refractivity contribution is 0.375. The molecule has 0 bridgehead atoms. The van der Waals surface area contributed by atoms with Crippen molar-refractivity contribution in [1.82, 2.24) is 14.8 Å². The molecule has 0 atom stereocenters. The summed E-state index contributed by atoms with van der Waals surface area (Å²) in [5.41, 5.74) is 0.594. The highest BCUT2D eigenvalue weighted by Crippen LogP contribution is 2.27. The van der Waals surface area contributed by atoms with Crippen molar-refractivity contribution in [2.24, 2.45) is 0 Å². The van der Waals surface area contributed by atoms with E-state index in [4.69, 9.17) is 16.0 Å². The van der Waals surface area contributed by atoms with E-state index in [1.54, 1.807) is 12.1 Å². The second-order valence-corrected chi connectivity index (χ2v) is 7.07. The van der Waals surface area contributed by atoms with E-state index >= 15 is 0 Å². The molecule has 1 N–H and O–H groups in total. The third kappa shape index (κ3) is 2.43. The van der Waals surface area contributed by atoms with E-state index in [1.165, 1.54) is 0 Å². The number of thiazole rings is 1. The topological polar surface area (TPSA) is 80.9 Å². The minimum Gasteiger partial charge on any atom is -0.391 e. The Morgan fingerprint density at radius 3 is 2.67 bits per heavy atom. The van der Waals surface area contributed by atoms with Crippen molar-refractivity contribution in [2.45, 2.75) is 26.2 Å². The van der Waals surface area contributed by atoms with Crippen LogP contribution in [-0.4, -0.2) is 14.8 Å². The van der Waals surface area contributed by atoms with Crippen molar-refractivity contribution in [3.05, 3.63) is 43.3 Å². The third-order valence-corrected chi connectivity index (χ3v) is 4.05. The molecule has 3 aromatic rings. The average Bonchev–Trinajstić information content (AvgIpc) is 2.89. The molecule has 0 amide bonds. The van der Waals surface area contributed by atoms with E-state index in [0.29, 0.717) is 22.1 Å². The molecule has 0 aliphatic carbocycles. The zero-order chi connectivity index (χ0) is 15.4. The van der Waals surface area contributed by atoms with Gasteiger partial charge in [-0.15, -0.1) is 5.10 Å². The number of H-pyrrole nitrogens is 1. The van der Waals surface area contributed by atoms with Crippen LogP contribution in [0.4, 0.5) is 0 Å². The molecule has 0 saturated carbocycles. The lowest BCUT2D eigenvalue weighted by Gasteiger charge is -2.11. The maximum atomic E-state index is 12.0. The smallest absolute Gasteiger partial charge is 0.391 e. The molecule has 110 valence electrons. The maximum absolute atomic E-state index is 12.0. The summed E-state index contributed by atoms with van der Waals surface area (Å²) in [5.74, 6) is -0.291. The van der Waals surface area contributed by atoms with Gasteiger partial charge in [-0.1, -0.05) is 43.7 Å². The fraction of sp³-hybridized carbons (Fsp3) is 0.308. The van der Waals surface area contributed by atoms with E-state index in [2.05, 4.69) is 10.1 Å². The van der Waals surface area contributed by atoms with Crippen LogP contribution in [-0.2, 0) is 5.41 Å². The predicted octanol–water partition coefficient (Wildman–Crippen LogP) is 2.68. The van der Waals surface area contributed by atoms with Gasteiger partial charge < -0.3 is 9.40 Å². The van der Waals surface area contributed by atoms with Gasteiger partial charge in [0.15, 0.2) is 0 Å². The van der Waals surface area contributed by atoms with E-state index in [-0.39, 0.29) is 4.87 Å². The van der Waals surface area contributed by atoms with Gasteiger partial charge in [-0.3, -0.25) is 4.79 Å². The quantitative estimate of drug-likeness (QED) is 0.746. The molecule has 2 aromatic heterocycles. The zero-order valence-electron chi connectivity index (χ0n) is 11.6. The molecule has 0 aliphatic heterocycles. The number of nitrogens with one attached hydrogen (secondary N) is 1. The van der Waals surface area contributed by atoms with Crippen LogP contribution in [0.15, 0.2) is 26.1 Å². The number of halogens is 1. The van der Waals surface area contributed by atoms with E-state index in [1.807, 2.05) is 20.8 Å². The van der Waals surface area contributed by atoms with Crippen LogP contribution in [0.25, 0.3) is 15.9 Å². The normalized spacial score (nSPS) is 12.2. The van der Waals surface area contributed by atoms with Crippen LogP contribution in [0, 0.1) is 0 Å². The van der Waals surface area contributed by atoms with Crippen LogP contribution < -0.4 is 10.6 Å². The summed E-state index contributed by atoms with van der Waals surface area (Å²) in [7, 11) is 0. The molecular weight excluding hydrogens is 314 g/mol. The molecule has 21 heavy (non-hydrogen) atoms. The van der Waals surface area contributed by atoms with Gasteiger partial charge in [-0.05, 0) is 12.1 Å². The van der Waals surface area contributed by atoms with Crippen molar-refractivity contribution < 1.29 is 4.42 Å². The highest BCUT2D eigenvalue weighted by Gasteiger charge is 2.23. The zero-order valence-corrected chi connectivity index (χ0v) is 13.1. The van der Waals surface area contributed by atoms with Crippen LogP contribution in [0.2, 0.25) is 5.02 Å². The van der Waals surface area contributed by atoms with Crippen LogP contribution in [0.3, 0.4) is 0 Å². The molecule has 0 aliphatic rings. The fourth-order valence-corrected chi connectivity index (χ4v) is 2.92. The number of aromatic amines is 1. The van der Waals surface area contributed by atoms with Crippen molar-refractivity contribution in [3.63, 3.8) is 0 Å². The summed E-state index contributed by atoms with van der Waals surface area (Å²) in [6, 6.07) is 3.25. The minimum absolute atomic E-state index is 0.180. The van der Waals surface area contributed by atoms with Gasteiger partial charge in [0.2, 0.25) is 5.89 Å². The maximum Gasteiger partial charge on any atom is 0.442 e. The average molecular weight is 326 g/mol. The highest BCUT2D eigenvalue weighted by atomic mass is 35.5. The van der Waals surface area contributed by atoms with Crippen molar-refractivity contribution in [1.29, 1.82) is 0 Å². The van der Waals surface area contributed by atoms with Gasteiger partial charge in [-0.25, -0.2) is 4.79 Å². The third-order valence-electron chi connectivity index (χ3n) is 2.91. The van der Waals surface area contributed by atoms with Crippen molar-refractivity contribution in [2.75, 3.05) is 0 Å². The van der Waals surface area contributed by atoms with Crippen LogP contribution in [0.1, 0.15) is 26.7 Å². The first kappa shape index (κ1) is 14.1. The van der Waals surface area contributed by atoms with E-state index < -0.39 is 11.2 Å². The first-order valence-corrected chi connectivity index (χ1v) is 7.38. The van der Waals surface area contributed by atoms with Gasteiger partial charge >= 0.3 is 10.6 Å². The van der Waals surface area contributed by atoms with Crippen LogP contribution in [0.5, 0.6) is 0 Å². The lowest BCUT2D eigenvalue weighted by atomic mass is 9.97. The molecule has 1 aromatic carbocycles.